The maximum absolute atomic E-state index is 12.0. The monoisotopic (exact) mass is 357 g/mol. The number of rotatable bonds is 6. The maximum Gasteiger partial charge on any atom is 0.281 e. The van der Waals surface area contributed by atoms with Crippen LogP contribution < -0.4 is 10.0 Å². The third-order valence-electron chi connectivity index (χ3n) is 3.48. The Morgan fingerprint density at radius 1 is 1.39 bits per heavy atom. The number of anilines is 1. The Balaban J connectivity index is 2.01. The largest absolute Gasteiger partial charge is 0.332 e. The number of sulfonamides is 1. The molecule has 1 fully saturated rings. The summed E-state index contributed by atoms with van der Waals surface area (Å²) in [7, 11) is -2.24. The van der Waals surface area contributed by atoms with Gasteiger partial charge in [0.15, 0.2) is 0 Å². The minimum absolute atomic E-state index is 0.00413. The number of thioether (sulfide) groups is 1. The van der Waals surface area contributed by atoms with Gasteiger partial charge >= 0.3 is 0 Å². The molecule has 1 heterocycles. The van der Waals surface area contributed by atoms with E-state index in [0.717, 1.165) is 5.75 Å². The zero-order valence-electron chi connectivity index (χ0n) is 13.0. The highest BCUT2D eigenvalue weighted by molar-refractivity contribution is 8.13. The summed E-state index contributed by atoms with van der Waals surface area (Å²) in [5, 5.41) is 2.66. The van der Waals surface area contributed by atoms with Crippen molar-refractivity contribution >= 4 is 38.6 Å². The third kappa shape index (κ3) is 4.46. The van der Waals surface area contributed by atoms with Crippen molar-refractivity contribution < 1.29 is 18.0 Å². The minimum Gasteiger partial charge on any atom is -0.332 e. The molecule has 0 aliphatic carbocycles. The van der Waals surface area contributed by atoms with E-state index in [0.29, 0.717) is 24.3 Å². The fraction of sp³-hybridized carbons (Fsp3) is 0.429. The number of nitrogens with zero attached hydrogens (tertiary/aromatic N) is 1. The summed E-state index contributed by atoms with van der Waals surface area (Å²) >= 11 is 1.25. The Labute approximate surface area is 139 Å². The van der Waals surface area contributed by atoms with E-state index in [4.69, 9.17) is 0 Å². The first-order chi connectivity index (χ1) is 10.8. The molecule has 0 atom stereocenters. The Bertz CT molecular complexity index is 719. The zero-order valence-corrected chi connectivity index (χ0v) is 14.6. The van der Waals surface area contributed by atoms with Gasteiger partial charge in [0.2, 0.25) is 15.9 Å². The van der Waals surface area contributed by atoms with Gasteiger partial charge in [-0.1, -0.05) is 17.8 Å². The van der Waals surface area contributed by atoms with Gasteiger partial charge in [0.1, 0.15) is 0 Å². The molecule has 0 spiro atoms. The van der Waals surface area contributed by atoms with Crippen LogP contribution in [-0.2, 0) is 14.8 Å². The summed E-state index contributed by atoms with van der Waals surface area (Å²) in [6.07, 6.45) is 0.175. The predicted octanol–water partition coefficient (Wildman–Crippen LogP) is 1.40. The second-order valence-electron chi connectivity index (χ2n) is 5.09. The number of amides is 2. The third-order valence-corrected chi connectivity index (χ3v) is 5.93. The van der Waals surface area contributed by atoms with Crippen LogP contribution in [0.4, 0.5) is 10.5 Å². The lowest BCUT2D eigenvalue weighted by Crippen LogP contribution is -2.27. The number of benzene rings is 1. The molecule has 0 radical (unpaired) electrons. The molecule has 2 rings (SSSR count). The maximum atomic E-state index is 12.0. The minimum atomic E-state index is -3.58. The number of aryl methyl sites for hydroxylation is 1. The van der Waals surface area contributed by atoms with Crippen molar-refractivity contribution in [1.29, 1.82) is 0 Å². The zero-order chi connectivity index (χ0) is 17.0. The number of hydrogen-bond acceptors (Lipinski definition) is 5. The average Bonchev–Trinajstić information content (AvgIpc) is 2.92. The van der Waals surface area contributed by atoms with E-state index in [1.807, 2.05) is 0 Å². The Kier molecular flexibility index (Phi) is 5.66. The van der Waals surface area contributed by atoms with E-state index in [2.05, 4.69) is 10.0 Å². The number of hydrogen-bond donors (Lipinski definition) is 2. The van der Waals surface area contributed by atoms with Crippen molar-refractivity contribution in [2.45, 2.75) is 18.2 Å². The topological polar surface area (TPSA) is 95.6 Å². The van der Waals surface area contributed by atoms with Gasteiger partial charge in [0.05, 0.1) is 4.90 Å². The molecule has 9 heteroatoms. The van der Waals surface area contributed by atoms with E-state index in [9.17, 15) is 18.0 Å². The molecule has 0 unspecified atom stereocenters. The predicted molar refractivity (Wildman–Crippen MR) is 90.1 cm³/mol. The molecule has 0 bridgehead atoms. The first-order valence-corrected chi connectivity index (χ1v) is 9.56. The molecule has 1 aromatic rings. The molecule has 126 valence electrons. The van der Waals surface area contributed by atoms with Gasteiger partial charge in [-0.2, -0.15) is 0 Å². The van der Waals surface area contributed by atoms with Crippen LogP contribution in [-0.4, -0.2) is 50.4 Å². The molecule has 1 aliphatic rings. The molecule has 2 N–H and O–H groups in total. The van der Waals surface area contributed by atoms with Gasteiger partial charge in [0, 0.05) is 31.0 Å². The Morgan fingerprint density at radius 2 is 2.13 bits per heavy atom. The fourth-order valence-corrected chi connectivity index (χ4v) is 4.01. The summed E-state index contributed by atoms with van der Waals surface area (Å²) in [6, 6.07) is 4.72. The van der Waals surface area contributed by atoms with Crippen molar-refractivity contribution in [3.63, 3.8) is 0 Å². The number of carbonyl (C=O) groups is 2. The van der Waals surface area contributed by atoms with Gasteiger partial charge in [-0.3, -0.25) is 9.59 Å². The van der Waals surface area contributed by atoms with Crippen molar-refractivity contribution in [3.05, 3.63) is 23.8 Å². The summed E-state index contributed by atoms with van der Waals surface area (Å²) in [6.45, 7) is 2.71. The molecule has 2 amide bonds. The molecule has 0 aromatic heterocycles. The molecular weight excluding hydrogens is 338 g/mol. The molecule has 0 saturated carbocycles. The van der Waals surface area contributed by atoms with Crippen LogP contribution >= 0.6 is 11.8 Å². The SMILES string of the molecule is CNS(=O)(=O)c1cc(NC(=O)CCN2CCSC2=O)ccc1C. The molecule has 1 saturated heterocycles. The first kappa shape index (κ1) is 17.8. The summed E-state index contributed by atoms with van der Waals surface area (Å²) in [5.41, 5.74) is 1.01. The average molecular weight is 357 g/mol. The van der Waals surface area contributed by atoms with Crippen molar-refractivity contribution in [3.8, 4) is 0 Å². The van der Waals surface area contributed by atoms with Crippen LogP contribution in [0, 0.1) is 6.92 Å². The number of nitrogens with one attached hydrogen (secondary N) is 2. The van der Waals surface area contributed by atoms with Crippen LogP contribution in [0.2, 0.25) is 0 Å². The van der Waals surface area contributed by atoms with E-state index >= 15 is 0 Å². The molecule has 1 aromatic carbocycles. The second-order valence-corrected chi connectivity index (χ2v) is 7.99. The molecule has 1 aliphatic heterocycles. The van der Waals surface area contributed by atoms with Crippen molar-refractivity contribution in [2.24, 2.45) is 0 Å². The van der Waals surface area contributed by atoms with Crippen molar-refractivity contribution in [2.75, 3.05) is 31.2 Å². The normalized spacial score (nSPS) is 15.0. The number of carbonyl (C=O) groups excluding carboxylic acids is 2. The van der Waals surface area contributed by atoms with Gasteiger partial charge in [0.25, 0.3) is 5.24 Å². The quantitative estimate of drug-likeness (QED) is 0.802. The van der Waals surface area contributed by atoms with Gasteiger partial charge in [-0.05, 0) is 31.7 Å². The van der Waals surface area contributed by atoms with E-state index in [1.165, 1.54) is 24.9 Å². The highest BCUT2D eigenvalue weighted by atomic mass is 32.2. The summed E-state index contributed by atoms with van der Waals surface area (Å²) in [4.78, 5) is 25.2. The Hall–Kier alpha value is -1.58. The lowest BCUT2D eigenvalue weighted by molar-refractivity contribution is -0.116. The summed E-state index contributed by atoms with van der Waals surface area (Å²) < 4.78 is 26.1. The fourth-order valence-electron chi connectivity index (χ4n) is 2.17. The van der Waals surface area contributed by atoms with Crippen LogP contribution in [0.15, 0.2) is 23.1 Å². The van der Waals surface area contributed by atoms with E-state index in [1.54, 1.807) is 24.0 Å². The molecule has 23 heavy (non-hydrogen) atoms. The van der Waals surface area contributed by atoms with E-state index < -0.39 is 10.0 Å². The standard InChI is InChI=1S/C14H19N3O4S2/c1-10-3-4-11(9-12(10)23(20,21)15-2)16-13(18)5-6-17-7-8-22-14(17)19/h3-4,9,15H,5-8H2,1-2H3,(H,16,18). The first-order valence-electron chi connectivity index (χ1n) is 7.09. The Morgan fingerprint density at radius 3 is 2.74 bits per heavy atom. The van der Waals surface area contributed by atoms with Gasteiger partial charge in [-0.25, -0.2) is 13.1 Å². The van der Waals surface area contributed by atoms with Crippen LogP contribution in [0.25, 0.3) is 0 Å². The lowest BCUT2D eigenvalue weighted by Gasteiger charge is -2.14. The van der Waals surface area contributed by atoms with Gasteiger partial charge in [-0.15, -0.1) is 0 Å². The molecular formula is C14H19N3O4S2. The smallest absolute Gasteiger partial charge is 0.281 e. The van der Waals surface area contributed by atoms with Crippen LogP contribution in [0.1, 0.15) is 12.0 Å². The summed E-state index contributed by atoms with van der Waals surface area (Å²) in [5.74, 6) is 0.496. The van der Waals surface area contributed by atoms with Crippen molar-refractivity contribution in [1.82, 2.24) is 9.62 Å². The second kappa shape index (κ2) is 7.33. The molecule has 7 nitrogen and oxygen atoms in total. The lowest BCUT2D eigenvalue weighted by atomic mass is 10.2. The highest BCUT2D eigenvalue weighted by Gasteiger charge is 2.21. The van der Waals surface area contributed by atoms with Crippen LogP contribution in [0.3, 0.4) is 0 Å². The van der Waals surface area contributed by atoms with E-state index in [-0.39, 0.29) is 22.5 Å². The van der Waals surface area contributed by atoms with Gasteiger partial charge < -0.3 is 10.2 Å². The highest BCUT2D eigenvalue weighted by Crippen LogP contribution is 2.20. The van der Waals surface area contributed by atoms with Crippen LogP contribution in [0.5, 0.6) is 0 Å².